The second-order valence-electron chi connectivity index (χ2n) is 13.2. The number of para-hydroxylation sites is 1. The lowest BCUT2D eigenvalue weighted by molar-refractivity contribution is 0.668. The highest BCUT2D eigenvalue weighted by Gasteiger charge is 2.19. The largest absolute Gasteiger partial charge is 0.456 e. The molecule has 0 atom stereocenters. The summed E-state index contributed by atoms with van der Waals surface area (Å²) in [5, 5.41) is 11.7. The highest BCUT2D eigenvalue weighted by atomic mass is 16.3. The van der Waals surface area contributed by atoms with E-state index in [1.165, 1.54) is 49.4 Å². The molecule has 0 N–H and O–H groups in total. The molecule has 0 amide bonds. The molecule has 0 spiro atoms. The lowest BCUT2D eigenvalue weighted by atomic mass is 9.86. The van der Waals surface area contributed by atoms with Gasteiger partial charge in [-0.05, 0) is 90.6 Å². The van der Waals surface area contributed by atoms with Gasteiger partial charge in [0.25, 0.3) is 0 Å². The molecule has 0 aliphatic heterocycles. The van der Waals surface area contributed by atoms with Crippen molar-refractivity contribution in [2.24, 2.45) is 0 Å². The molecule has 50 heavy (non-hydrogen) atoms. The third-order valence-corrected chi connectivity index (χ3v) is 10.5. The van der Waals surface area contributed by atoms with Gasteiger partial charge in [0.15, 0.2) is 0 Å². The Kier molecular flexibility index (Phi) is 5.70. The van der Waals surface area contributed by atoms with Crippen molar-refractivity contribution in [1.29, 1.82) is 0 Å². The zero-order valence-corrected chi connectivity index (χ0v) is 27.0. The summed E-state index contributed by atoms with van der Waals surface area (Å²) in [4.78, 5) is 0. The van der Waals surface area contributed by atoms with E-state index in [2.05, 4.69) is 158 Å². The summed E-state index contributed by atoms with van der Waals surface area (Å²) in [7, 11) is 0. The standard InChI is InChI=1S/C48H28O2/c1-2-10-30(11-3-1)44-34-12-4-6-14-36(34)45(37-15-7-5-13-35(37)44)31-20-18-29(19-21-31)33-24-26-42-40(28-33)38-25-22-32-23-27-43-47(46(32)48(38)50-42)39-16-8-9-17-41(39)49-43/h1-28H. The van der Waals surface area contributed by atoms with Crippen LogP contribution in [0.4, 0.5) is 0 Å². The Labute approximate surface area is 287 Å². The Morgan fingerprint density at radius 1 is 0.280 bits per heavy atom. The minimum Gasteiger partial charge on any atom is -0.456 e. The fraction of sp³-hybridized carbons (Fsp3) is 0. The molecule has 11 rings (SSSR count). The summed E-state index contributed by atoms with van der Waals surface area (Å²) in [5.74, 6) is 0. The van der Waals surface area contributed by atoms with E-state index >= 15 is 0 Å². The molecule has 2 nitrogen and oxygen atoms in total. The van der Waals surface area contributed by atoms with Gasteiger partial charge in [0.1, 0.15) is 22.3 Å². The molecule has 0 aliphatic carbocycles. The second kappa shape index (κ2) is 10.4. The quantitative estimate of drug-likeness (QED) is 0.180. The van der Waals surface area contributed by atoms with Gasteiger partial charge in [-0.2, -0.15) is 0 Å². The first-order valence-corrected chi connectivity index (χ1v) is 17.1. The van der Waals surface area contributed by atoms with E-state index in [0.29, 0.717) is 0 Å². The van der Waals surface area contributed by atoms with Crippen LogP contribution in [0.5, 0.6) is 0 Å². The summed E-state index contributed by atoms with van der Waals surface area (Å²) in [6.07, 6.45) is 0. The topological polar surface area (TPSA) is 26.3 Å². The van der Waals surface area contributed by atoms with E-state index in [1.807, 2.05) is 12.1 Å². The van der Waals surface area contributed by atoms with E-state index in [4.69, 9.17) is 8.83 Å². The minimum atomic E-state index is 0.877. The van der Waals surface area contributed by atoms with Crippen LogP contribution in [-0.4, -0.2) is 0 Å². The molecule has 0 aliphatic rings. The van der Waals surface area contributed by atoms with Crippen LogP contribution >= 0.6 is 0 Å². The van der Waals surface area contributed by atoms with Crippen molar-refractivity contribution < 1.29 is 8.83 Å². The maximum absolute atomic E-state index is 6.64. The normalized spacial score (nSPS) is 12.0. The van der Waals surface area contributed by atoms with Gasteiger partial charge in [-0.15, -0.1) is 0 Å². The molecule has 0 saturated heterocycles. The third kappa shape index (κ3) is 3.90. The summed E-state index contributed by atoms with van der Waals surface area (Å²) < 4.78 is 12.9. The lowest BCUT2D eigenvalue weighted by Gasteiger charge is -2.18. The van der Waals surface area contributed by atoms with E-state index in [1.54, 1.807) is 0 Å². The molecule has 9 aromatic carbocycles. The van der Waals surface area contributed by atoms with Crippen molar-refractivity contribution in [1.82, 2.24) is 0 Å². The SMILES string of the molecule is c1ccc(-c2c3ccccc3c(-c3ccc(-c4ccc5oc6c(ccc7ccc8oc9ccccc9c8c76)c5c4)cc3)c3ccccc23)cc1. The van der Waals surface area contributed by atoms with Crippen LogP contribution < -0.4 is 0 Å². The lowest BCUT2D eigenvalue weighted by Crippen LogP contribution is -1.90. The average molecular weight is 637 g/mol. The van der Waals surface area contributed by atoms with Crippen LogP contribution in [0, 0.1) is 0 Å². The molecule has 0 radical (unpaired) electrons. The predicted octanol–water partition coefficient (Wildman–Crippen LogP) is 13.9. The van der Waals surface area contributed by atoms with Crippen molar-refractivity contribution >= 4 is 76.2 Å². The zero-order chi connectivity index (χ0) is 32.8. The Morgan fingerprint density at radius 3 is 1.50 bits per heavy atom. The van der Waals surface area contributed by atoms with Gasteiger partial charge in [0.2, 0.25) is 0 Å². The fourth-order valence-corrected chi connectivity index (χ4v) is 8.22. The molecular formula is C48H28O2. The summed E-state index contributed by atoms with van der Waals surface area (Å²) in [6, 6.07) is 60.8. The number of fused-ring (bicyclic) bond motifs is 11. The van der Waals surface area contributed by atoms with Crippen molar-refractivity contribution in [3.8, 4) is 33.4 Å². The van der Waals surface area contributed by atoms with Gasteiger partial charge < -0.3 is 8.83 Å². The van der Waals surface area contributed by atoms with Crippen LogP contribution in [0.3, 0.4) is 0 Å². The van der Waals surface area contributed by atoms with Gasteiger partial charge >= 0.3 is 0 Å². The van der Waals surface area contributed by atoms with Crippen molar-refractivity contribution in [3.05, 3.63) is 170 Å². The molecule has 232 valence electrons. The van der Waals surface area contributed by atoms with Gasteiger partial charge in [-0.1, -0.05) is 140 Å². The number of furan rings is 2. The minimum absolute atomic E-state index is 0.877. The summed E-state index contributed by atoms with van der Waals surface area (Å²) in [6.45, 7) is 0. The van der Waals surface area contributed by atoms with Gasteiger partial charge in [-0.25, -0.2) is 0 Å². The maximum Gasteiger partial charge on any atom is 0.144 e. The number of hydrogen-bond acceptors (Lipinski definition) is 2. The van der Waals surface area contributed by atoms with Crippen molar-refractivity contribution in [3.63, 3.8) is 0 Å². The highest BCUT2D eigenvalue weighted by Crippen LogP contribution is 2.45. The van der Waals surface area contributed by atoms with Gasteiger partial charge in [0, 0.05) is 26.9 Å². The van der Waals surface area contributed by atoms with Crippen LogP contribution in [0.15, 0.2) is 179 Å². The van der Waals surface area contributed by atoms with Crippen LogP contribution in [0.1, 0.15) is 0 Å². The first-order valence-electron chi connectivity index (χ1n) is 17.1. The smallest absolute Gasteiger partial charge is 0.144 e. The van der Waals surface area contributed by atoms with E-state index < -0.39 is 0 Å². The highest BCUT2D eigenvalue weighted by molar-refractivity contribution is 6.28. The van der Waals surface area contributed by atoms with Crippen LogP contribution in [0.2, 0.25) is 0 Å². The van der Waals surface area contributed by atoms with Gasteiger partial charge in [0.05, 0.1) is 0 Å². The van der Waals surface area contributed by atoms with Crippen molar-refractivity contribution in [2.45, 2.75) is 0 Å². The third-order valence-electron chi connectivity index (χ3n) is 10.5. The molecule has 2 heterocycles. The zero-order valence-electron chi connectivity index (χ0n) is 27.0. The number of benzene rings is 9. The number of hydrogen-bond donors (Lipinski definition) is 0. The Hall–Kier alpha value is -6.64. The number of rotatable bonds is 3. The predicted molar refractivity (Wildman–Crippen MR) is 210 cm³/mol. The second-order valence-corrected chi connectivity index (χ2v) is 13.2. The molecule has 2 aromatic heterocycles. The Balaban J connectivity index is 1.07. The first-order chi connectivity index (χ1) is 24.8. The molecule has 0 fully saturated rings. The monoisotopic (exact) mass is 636 g/mol. The van der Waals surface area contributed by atoms with E-state index in [9.17, 15) is 0 Å². The summed E-state index contributed by atoms with van der Waals surface area (Å²) in [5.41, 5.74) is 10.9. The first kappa shape index (κ1) is 27.3. The van der Waals surface area contributed by atoms with Crippen LogP contribution in [-0.2, 0) is 0 Å². The molecule has 2 heteroatoms. The van der Waals surface area contributed by atoms with E-state index in [0.717, 1.165) is 60.2 Å². The maximum atomic E-state index is 6.64. The molecular weight excluding hydrogens is 609 g/mol. The Morgan fingerprint density at radius 2 is 0.800 bits per heavy atom. The fourth-order valence-electron chi connectivity index (χ4n) is 8.22. The van der Waals surface area contributed by atoms with Gasteiger partial charge in [-0.3, -0.25) is 0 Å². The van der Waals surface area contributed by atoms with E-state index in [-0.39, 0.29) is 0 Å². The average Bonchev–Trinajstić information content (AvgIpc) is 3.75. The van der Waals surface area contributed by atoms with Crippen molar-refractivity contribution in [2.75, 3.05) is 0 Å². The Bertz CT molecular complexity index is 3070. The molecule has 0 bridgehead atoms. The molecule has 0 saturated carbocycles. The molecule has 11 aromatic rings. The molecule has 0 unspecified atom stereocenters. The van der Waals surface area contributed by atoms with Crippen LogP contribution in [0.25, 0.3) is 110 Å². The summed E-state index contributed by atoms with van der Waals surface area (Å²) >= 11 is 0.